The number of carboxylic acid groups (broad SMARTS) is 1. The maximum atomic E-state index is 10.3. The monoisotopic (exact) mass is 158 g/mol. The highest BCUT2D eigenvalue weighted by molar-refractivity contribution is 5.65. The van der Waals surface area contributed by atoms with Crippen LogP contribution in [0.15, 0.2) is 0 Å². The van der Waals surface area contributed by atoms with Gasteiger partial charge in [0.2, 0.25) is 0 Å². The van der Waals surface area contributed by atoms with Crippen LogP contribution < -0.4 is 10.6 Å². The van der Waals surface area contributed by atoms with Crippen molar-refractivity contribution >= 4 is 6.09 Å². The molecule has 4 nitrogen and oxygen atoms in total. The largest absolute Gasteiger partial charge is 0.465 e. The van der Waals surface area contributed by atoms with E-state index in [0.717, 1.165) is 19.5 Å². The molecule has 0 bridgehead atoms. The fourth-order valence-electron chi connectivity index (χ4n) is 1.49. The maximum Gasteiger partial charge on any atom is 0.404 e. The van der Waals surface area contributed by atoms with Gasteiger partial charge in [-0.1, -0.05) is 13.3 Å². The van der Waals surface area contributed by atoms with Gasteiger partial charge in [0, 0.05) is 19.1 Å². The molecule has 1 amide bonds. The molecule has 0 saturated carbocycles. The second kappa shape index (κ2) is 3.57. The van der Waals surface area contributed by atoms with Crippen LogP contribution in [-0.2, 0) is 0 Å². The number of hydrogen-bond acceptors (Lipinski definition) is 2. The molecule has 4 heteroatoms. The topological polar surface area (TPSA) is 61.4 Å². The van der Waals surface area contributed by atoms with Gasteiger partial charge in [-0.15, -0.1) is 0 Å². The zero-order valence-corrected chi connectivity index (χ0v) is 6.63. The first kappa shape index (κ1) is 8.33. The molecule has 1 heterocycles. The molecule has 0 aromatic rings. The SMILES string of the molecule is CCC1CNCC1NC(=O)O. The van der Waals surface area contributed by atoms with E-state index in [1.54, 1.807) is 0 Å². The third kappa shape index (κ3) is 2.08. The molecule has 3 N–H and O–H groups in total. The maximum absolute atomic E-state index is 10.3. The van der Waals surface area contributed by atoms with E-state index in [4.69, 9.17) is 5.11 Å². The summed E-state index contributed by atoms with van der Waals surface area (Å²) in [5.41, 5.74) is 0. The van der Waals surface area contributed by atoms with Crippen molar-refractivity contribution in [2.75, 3.05) is 13.1 Å². The van der Waals surface area contributed by atoms with Gasteiger partial charge in [0.1, 0.15) is 0 Å². The Morgan fingerprint density at radius 3 is 3.00 bits per heavy atom. The predicted molar refractivity (Wildman–Crippen MR) is 41.6 cm³/mol. The molecule has 0 aliphatic carbocycles. The van der Waals surface area contributed by atoms with E-state index < -0.39 is 6.09 Å². The summed E-state index contributed by atoms with van der Waals surface area (Å²) in [7, 11) is 0. The third-order valence-electron chi connectivity index (χ3n) is 2.17. The Morgan fingerprint density at radius 1 is 1.73 bits per heavy atom. The Hall–Kier alpha value is -0.770. The van der Waals surface area contributed by atoms with Gasteiger partial charge in [-0.2, -0.15) is 0 Å². The summed E-state index contributed by atoms with van der Waals surface area (Å²) in [6.07, 6.45) is 0.106. The first-order valence-corrected chi connectivity index (χ1v) is 3.94. The average Bonchev–Trinajstić information content (AvgIpc) is 2.34. The molecule has 0 aromatic carbocycles. The van der Waals surface area contributed by atoms with Crippen LogP contribution in [0.25, 0.3) is 0 Å². The van der Waals surface area contributed by atoms with Gasteiger partial charge in [-0.25, -0.2) is 4.79 Å². The van der Waals surface area contributed by atoms with E-state index in [-0.39, 0.29) is 6.04 Å². The molecule has 1 aliphatic heterocycles. The van der Waals surface area contributed by atoms with Crippen LogP contribution in [0, 0.1) is 5.92 Å². The number of rotatable bonds is 2. The molecule has 2 atom stereocenters. The Kier molecular flexibility index (Phi) is 2.70. The van der Waals surface area contributed by atoms with Crippen molar-refractivity contribution in [2.45, 2.75) is 19.4 Å². The van der Waals surface area contributed by atoms with Gasteiger partial charge in [-0.3, -0.25) is 0 Å². The number of carbonyl (C=O) groups is 1. The summed E-state index contributed by atoms with van der Waals surface area (Å²) < 4.78 is 0. The van der Waals surface area contributed by atoms with Gasteiger partial charge >= 0.3 is 6.09 Å². The van der Waals surface area contributed by atoms with E-state index >= 15 is 0 Å². The lowest BCUT2D eigenvalue weighted by molar-refractivity contribution is 0.187. The van der Waals surface area contributed by atoms with Crippen LogP contribution in [0.2, 0.25) is 0 Å². The van der Waals surface area contributed by atoms with Crippen LogP contribution in [0.5, 0.6) is 0 Å². The highest BCUT2D eigenvalue weighted by atomic mass is 16.4. The lowest BCUT2D eigenvalue weighted by Crippen LogP contribution is -2.39. The van der Waals surface area contributed by atoms with Crippen LogP contribution in [0.4, 0.5) is 4.79 Å². The van der Waals surface area contributed by atoms with Crippen molar-refractivity contribution in [3.8, 4) is 0 Å². The highest BCUT2D eigenvalue weighted by Gasteiger charge is 2.26. The normalized spacial score (nSPS) is 30.3. The molecule has 1 fully saturated rings. The quantitative estimate of drug-likeness (QED) is 0.540. The summed E-state index contributed by atoms with van der Waals surface area (Å²) in [4.78, 5) is 10.3. The summed E-state index contributed by atoms with van der Waals surface area (Å²) in [5.74, 6) is 0.464. The van der Waals surface area contributed by atoms with E-state index in [2.05, 4.69) is 17.6 Å². The first-order valence-electron chi connectivity index (χ1n) is 3.94. The molecular formula is C7H14N2O2. The number of nitrogens with one attached hydrogen (secondary N) is 2. The van der Waals surface area contributed by atoms with Gasteiger partial charge in [-0.05, 0) is 5.92 Å². The highest BCUT2D eigenvalue weighted by Crippen LogP contribution is 2.12. The number of amides is 1. The van der Waals surface area contributed by atoms with Gasteiger partial charge in [0.05, 0.1) is 0 Å². The van der Waals surface area contributed by atoms with Gasteiger partial charge in [0.15, 0.2) is 0 Å². The average molecular weight is 158 g/mol. The zero-order chi connectivity index (χ0) is 8.27. The summed E-state index contributed by atoms with van der Waals surface area (Å²) in [6.45, 7) is 3.78. The van der Waals surface area contributed by atoms with Crippen molar-refractivity contribution in [3.05, 3.63) is 0 Å². The van der Waals surface area contributed by atoms with Crippen LogP contribution in [0.1, 0.15) is 13.3 Å². The third-order valence-corrected chi connectivity index (χ3v) is 2.17. The summed E-state index contributed by atoms with van der Waals surface area (Å²) >= 11 is 0. The molecule has 1 aliphatic rings. The molecule has 0 aromatic heterocycles. The summed E-state index contributed by atoms with van der Waals surface area (Å²) in [5, 5.41) is 14.1. The van der Waals surface area contributed by atoms with Crippen molar-refractivity contribution in [1.29, 1.82) is 0 Å². The fraction of sp³-hybridized carbons (Fsp3) is 0.857. The van der Waals surface area contributed by atoms with Crippen LogP contribution in [-0.4, -0.2) is 30.3 Å². The number of hydrogen-bond donors (Lipinski definition) is 3. The minimum atomic E-state index is -0.919. The Balaban J connectivity index is 2.37. The molecule has 0 spiro atoms. The second-order valence-corrected chi connectivity index (χ2v) is 2.88. The lowest BCUT2D eigenvalue weighted by atomic mass is 10.0. The minimum absolute atomic E-state index is 0.109. The van der Waals surface area contributed by atoms with Crippen molar-refractivity contribution < 1.29 is 9.90 Å². The van der Waals surface area contributed by atoms with E-state index in [1.807, 2.05) is 0 Å². The molecule has 11 heavy (non-hydrogen) atoms. The Labute approximate surface area is 66.0 Å². The molecule has 0 radical (unpaired) electrons. The van der Waals surface area contributed by atoms with Crippen molar-refractivity contribution in [1.82, 2.24) is 10.6 Å². The standard InChI is InChI=1S/C7H14N2O2/c1-2-5-3-8-4-6(5)9-7(10)11/h5-6,8-9H,2-4H2,1H3,(H,10,11). The van der Waals surface area contributed by atoms with Crippen molar-refractivity contribution in [3.63, 3.8) is 0 Å². The van der Waals surface area contributed by atoms with E-state index in [9.17, 15) is 4.79 Å². The van der Waals surface area contributed by atoms with Gasteiger partial charge in [0.25, 0.3) is 0 Å². The second-order valence-electron chi connectivity index (χ2n) is 2.88. The summed E-state index contributed by atoms with van der Waals surface area (Å²) in [6, 6.07) is 0.109. The lowest BCUT2D eigenvalue weighted by Gasteiger charge is -2.15. The predicted octanol–water partition coefficient (Wildman–Crippen LogP) is 0.252. The van der Waals surface area contributed by atoms with E-state index in [1.165, 1.54) is 0 Å². The van der Waals surface area contributed by atoms with Gasteiger partial charge < -0.3 is 15.7 Å². The smallest absolute Gasteiger partial charge is 0.404 e. The minimum Gasteiger partial charge on any atom is -0.465 e. The van der Waals surface area contributed by atoms with Crippen molar-refractivity contribution in [2.24, 2.45) is 5.92 Å². The Bertz CT molecular complexity index is 149. The molecule has 1 saturated heterocycles. The first-order chi connectivity index (χ1) is 5.24. The molecular weight excluding hydrogens is 144 g/mol. The van der Waals surface area contributed by atoms with Crippen LogP contribution >= 0.6 is 0 Å². The van der Waals surface area contributed by atoms with Crippen LogP contribution in [0.3, 0.4) is 0 Å². The fourth-order valence-corrected chi connectivity index (χ4v) is 1.49. The Morgan fingerprint density at radius 2 is 2.45 bits per heavy atom. The zero-order valence-electron chi connectivity index (χ0n) is 6.63. The molecule has 2 unspecified atom stereocenters. The van der Waals surface area contributed by atoms with E-state index in [0.29, 0.717) is 5.92 Å². The molecule has 1 rings (SSSR count). The molecule has 64 valence electrons.